The summed E-state index contributed by atoms with van der Waals surface area (Å²) in [4.78, 5) is 11.7. The SMILES string of the molecule is CCCCC[C@H](CN(O)C=O)c1nnc(N(CCl)c2ccc(F)c(F)c2F)o1. The van der Waals surface area contributed by atoms with Gasteiger partial charge in [-0.15, -0.1) is 16.7 Å². The molecule has 0 spiro atoms. The molecule has 0 bridgehead atoms. The Hall–Kier alpha value is -2.33. The first kappa shape index (κ1) is 22.0. The predicted octanol–water partition coefficient (Wildman–Crippen LogP) is 4.33. The molecule has 1 aromatic heterocycles. The molecule has 0 aliphatic rings. The fourth-order valence-electron chi connectivity index (χ4n) is 2.65. The van der Waals surface area contributed by atoms with Gasteiger partial charge in [-0.1, -0.05) is 31.3 Å². The Balaban J connectivity index is 2.29. The summed E-state index contributed by atoms with van der Waals surface area (Å²) >= 11 is 5.82. The highest BCUT2D eigenvalue weighted by Crippen LogP contribution is 2.32. The van der Waals surface area contributed by atoms with Gasteiger partial charge in [0.15, 0.2) is 17.5 Å². The molecule has 0 unspecified atom stereocenters. The third-order valence-electron chi connectivity index (χ3n) is 4.12. The first-order valence-corrected chi connectivity index (χ1v) is 9.17. The lowest BCUT2D eigenvalue weighted by Crippen LogP contribution is -2.24. The van der Waals surface area contributed by atoms with E-state index < -0.39 is 23.4 Å². The zero-order chi connectivity index (χ0) is 20.7. The van der Waals surface area contributed by atoms with E-state index in [1.54, 1.807) is 0 Å². The minimum atomic E-state index is -1.65. The third kappa shape index (κ3) is 5.14. The van der Waals surface area contributed by atoms with Gasteiger partial charge < -0.3 is 4.42 Å². The first-order valence-electron chi connectivity index (χ1n) is 8.64. The van der Waals surface area contributed by atoms with E-state index in [0.29, 0.717) is 11.5 Å². The van der Waals surface area contributed by atoms with Crippen molar-refractivity contribution in [3.8, 4) is 0 Å². The van der Waals surface area contributed by atoms with Crippen LogP contribution in [-0.4, -0.2) is 39.4 Å². The number of benzene rings is 1. The van der Waals surface area contributed by atoms with Crippen LogP contribution in [-0.2, 0) is 4.79 Å². The molecule has 0 aliphatic heterocycles. The quantitative estimate of drug-likeness (QED) is 0.111. The van der Waals surface area contributed by atoms with Crippen LogP contribution in [0.5, 0.6) is 0 Å². The van der Waals surface area contributed by atoms with Crippen LogP contribution < -0.4 is 4.90 Å². The molecule has 0 fully saturated rings. The number of anilines is 2. The van der Waals surface area contributed by atoms with Gasteiger partial charge in [-0.05, 0) is 18.6 Å². The van der Waals surface area contributed by atoms with E-state index in [1.807, 2.05) is 6.92 Å². The van der Waals surface area contributed by atoms with Crippen molar-refractivity contribution in [1.82, 2.24) is 15.3 Å². The summed E-state index contributed by atoms with van der Waals surface area (Å²) in [5.74, 6) is -4.79. The molecule has 1 N–H and O–H groups in total. The number of aromatic nitrogens is 2. The van der Waals surface area contributed by atoms with Crippen LogP contribution in [0.2, 0.25) is 0 Å². The summed E-state index contributed by atoms with van der Waals surface area (Å²) in [5, 5.41) is 17.6. The molecule has 0 saturated heterocycles. The molecule has 1 heterocycles. The van der Waals surface area contributed by atoms with Crippen molar-refractivity contribution in [2.45, 2.75) is 38.5 Å². The summed E-state index contributed by atoms with van der Waals surface area (Å²) < 4.78 is 46.3. The molecule has 1 atom stereocenters. The maximum Gasteiger partial charge on any atom is 0.323 e. The lowest BCUT2D eigenvalue weighted by Gasteiger charge is -2.19. The summed E-state index contributed by atoms with van der Waals surface area (Å²) in [5.41, 5.74) is -0.372. The van der Waals surface area contributed by atoms with Gasteiger partial charge in [-0.2, -0.15) is 0 Å². The van der Waals surface area contributed by atoms with Crippen molar-refractivity contribution in [1.29, 1.82) is 0 Å². The number of carbonyl (C=O) groups excluding carboxylic acids is 1. The minimum Gasteiger partial charge on any atom is -0.407 e. The Morgan fingerprint density at radius 2 is 2.00 bits per heavy atom. The zero-order valence-electron chi connectivity index (χ0n) is 15.1. The van der Waals surface area contributed by atoms with E-state index in [-0.39, 0.29) is 36.6 Å². The van der Waals surface area contributed by atoms with Crippen molar-refractivity contribution >= 4 is 29.7 Å². The number of alkyl halides is 1. The number of hydrogen-bond acceptors (Lipinski definition) is 6. The molecule has 0 saturated carbocycles. The fourth-order valence-corrected chi connectivity index (χ4v) is 2.88. The second kappa shape index (κ2) is 10.3. The largest absolute Gasteiger partial charge is 0.407 e. The van der Waals surface area contributed by atoms with Crippen LogP contribution in [0.1, 0.15) is 44.4 Å². The van der Waals surface area contributed by atoms with Gasteiger partial charge >= 0.3 is 6.01 Å². The number of halogens is 4. The van der Waals surface area contributed by atoms with Crippen molar-refractivity contribution in [2.75, 3.05) is 17.4 Å². The molecule has 7 nitrogen and oxygen atoms in total. The van der Waals surface area contributed by atoms with E-state index in [9.17, 15) is 23.2 Å². The van der Waals surface area contributed by atoms with Crippen molar-refractivity contribution in [2.24, 2.45) is 0 Å². The Morgan fingerprint density at radius 3 is 2.64 bits per heavy atom. The lowest BCUT2D eigenvalue weighted by molar-refractivity contribution is -0.151. The van der Waals surface area contributed by atoms with Gasteiger partial charge in [0.2, 0.25) is 12.3 Å². The number of nitrogens with zero attached hydrogens (tertiary/aromatic N) is 4. The van der Waals surface area contributed by atoms with Gasteiger partial charge in [0.1, 0.15) is 6.00 Å². The molecule has 28 heavy (non-hydrogen) atoms. The molecule has 154 valence electrons. The molecular formula is C17H20ClF3N4O3. The number of amides is 1. The van der Waals surface area contributed by atoms with Gasteiger partial charge in [-0.25, -0.2) is 18.2 Å². The Labute approximate surface area is 164 Å². The van der Waals surface area contributed by atoms with Crippen LogP contribution in [0.25, 0.3) is 0 Å². The predicted molar refractivity (Wildman–Crippen MR) is 94.9 cm³/mol. The van der Waals surface area contributed by atoms with Crippen LogP contribution in [0.3, 0.4) is 0 Å². The van der Waals surface area contributed by atoms with E-state index >= 15 is 0 Å². The minimum absolute atomic E-state index is 0.0741. The highest BCUT2D eigenvalue weighted by atomic mass is 35.5. The van der Waals surface area contributed by atoms with E-state index in [4.69, 9.17) is 16.0 Å². The monoisotopic (exact) mass is 420 g/mol. The summed E-state index contributed by atoms with van der Waals surface area (Å²) in [6, 6.07) is 1.16. The molecule has 0 radical (unpaired) electrons. The Bertz CT molecular complexity index is 793. The van der Waals surface area contributed by atoms with Crippen LogP contribution in [0.4, 0.5) is 24.9 Å². The molecule has 1 amide bonds. The van der Waals surface area contributed by atoms with Gasteiger partial charge in [0.25, 0.3) is 0 Å². The molecular weight excluding hydrogens is 401 g/mol. The van der Waals surface area contributed by atoms with Gasteiger partial charge in [-0.3, -0.25) is 14.9 Å². The third-order valence-corrected chi connectivity index (χ3v) is 4.36. The van der Waals surface area contributed by atoms with E-state index in [0.717, 1.165) is 36.3 Å². The summed E-state index contributed by atoms with van der Waals surface area (Å²) in [6.45, 7) is 1.95. The Kier molecular flexibility index (Phi) is 8.06. The zero-order valence-corrected chi connectivity index (χ0v) is 15.9. The smallest absolute Gasteiger partial charge is 0.323 e. The highest BCUT2D eigenvalue weighted by molar-refractivity contribution is 6.19. The van der Waals surface area contributed by atoms with Crippen molar-refractivity contribution in [3.05, 3.63) is 35.5 Å². The van der Waals surface area contributed by atoms with Gasteiger partial charge in [0.05, 0.1) is 18.2 Å². The maximum absolute atomic E-state index is 14.1. The fraction of sp³-hybridized carbons (Fsp3) is 0.471. The average Bonchev–Trinajstić information content (AvgIpc) is 3.17. The normalized spacial score (nSPS) is 12.1. The first-order chi connectivity index (χ1) is 13.4. The van der Waals surface area contributed by atoms with E-state index in [1.165, 1.54) is 0 Å². The average molecular weight is 421 g/mol. The van der Waals surface area contributed by atoms with Crippen LogP contribution in [0.15, 0.2) is 16.5 Å². The molecule has 1 aromatic carbocycles. The maximum atomic E-state index is 14.1. The Morgan fingerprint density at radius 1 is 1.25 bits per heavy atom. The summed E-state index contributed by atoms with van der Waals surface area (Å²) in [6.07, 6.45) is 3.50. The molecule has 11 heteroatoms. The number of rotatable bonds is 11. The molecule has 0 aliphatic carbocycles. The highest BCUT2D eigenvalue weighted by Gasteiger charge is 2.26. The van der Waals surface area contributed by atoms with E-state index in [2.05, 4.69) is 10.2 Å². The topological polar surface area (TPSA) is 82.7 Å². The number of carbonyl (C=O) groups is 1. The second-order valence-corrected chi connectivity index (χ2v) is 6.32. The number of unbranched alkanes of at least 4 members (excludes halogenated alkanes) is 2. The summed E-state index contributed by atoms with van der Waals surface area (Å²) in [7, 11) is 0. The van der Waals surface area contributed by atoms with Crippen LogP contribution in [0, 0.1) is 17.5 Å². The number of hydroxylamine groups is 2. The number of hydrogen-bond donors (Lipinski definition) is 1. The molecule has 2 aromatic rings. The van der Waals surface area contributed by atoms with Crippen molar-refractivity contribution in [3.63, 3.8) is 0 Å². The van der Waals surface area contributed by atoms with Crippen LogP contribution >= 0.6 is 11.6 Å². The standard InChI is InChI=1S/C17H20ClF3N4O3/c1-2-3-4-5-11(8-24(27)10-26)16-22-23-17(28-16)25(9-18)13-7-6-12(19)14(20)15(13)21/h6-7,10-11,27H,2-5,8-9H2,1H3/t11-/m1/s1. The second-order valence-electron chi connectivity index (χ2n) is 6.09. The molecule has 2 rings (SSSR count). The lowest BCUT2D eigenvalue weighted by atomic mass is 10.0. The van der Waals surface area contributed by atoms with Gasteiger partial charge in [0, 0.05) is 0 Å². The van der Waals surface area contributed by atoms with Crippen molar-refractivity contribution < 1.29 is 27.6 Å².